The fourth-order valence-corrected chi connectivity index (χ4v) is 2.02. The molecule has 1 unspecified atom stereocenters. The van der Waals surface area contributed by atoms with E-state index in [1.54, 1.807) is 6.92 Å². The van der Waals surface area contributed by atoms with Gasteiger partial charge < -0.3 is 21.7 Å². The van der Waals surface area contributed by atoms with Crippen molar-refractivity contribution in [1.82, 2.24) is 0 Å². The van der Waals surface area contributed by atoms with Crippen LogP contribution in [-0.2, 0) is 19.5 Å². The van der Waals surface area contributed by atoms with Gasteiger partial charge in [0, 0.05) is 19.7 Å². The number of hydrogen-bond donors (Lipinski definition) is 4. The lowest BCUT2D eigenvalue weighted by Gasteiger charge is -2.05. The molecule has 0 aliphatic heterocycles. The maximum atomic E-state index is 9.20. The van der Waals surface area contributed by atoms with Gasteiger partial charge in [-0.25, -0.2) is 0 Å². The fourth-order valence-electron chi connectivity index (χ4n) is 2.02. The van der Waals surface area contributed by atoms with Crippen LogP contribution in [0.5, 0.6) is 0 Å². The van der Waals surface area contributed by atoms with Crippen molar-refractivity contribution >= 4 is 0 Å². The van der Waals surface area contributed by atoms with Crippen LogP contribution in [-0.4, -0.2) is 16.8 Å². The third kappa shape index (κ3) is 6.37. The minimum atomic E-state index is -0.401. The predicted molar refractivity (Wildman–Crippen MR) is 90.1 cm³/mol. The normalized spacial score (nSPS) is 11.5. The molecule has 1 atom stereocenters. The summed E-state index contributed by atoms with van der Waals surface area (Å²) in [6.07, 6.45) is 0.315. The van der Waals surface area contributed by atoms with E-state index in [2.05, 4.69) is 0 Å². The minimum Gasteiger partial charge on any atom is -0.396 e. The van der Waals surface area contributed by atoms with Gasteiger partial charge in [-0.15, -0.1) is 0 Å². The lowest BCUT2D eigenvalue weighted by atomic mass is 10.1. The standard InChI is InChI=1S/2C9H13NO/c1-7(11)9-4-2-3-8(5-9)6-10;10-7-9-3-1-2-8(6-9)4-5-11/h2-5,7,11H,6,10H2,1H3;1-3,6,11H,4-5,7,10H2. The zero-order valence-electron chi connectivity index (χ0n) is 13.1. The molecule has 4 nitrogen and oxygen atoms in total. The Labute approximate surface area is 132 Å². The van der Waals surface area contributed by atoms with Gasteiger partial charge >= 0.3 is 0 Å². The lowest BCUT2D eigenvalue weighted by Crippen LogP contribution is -1.98. The molecular formula is C18H26N2O2. The van der Waals surface area contributed by atoms with E-state index in [4.69, 9.17) is 16.6 Å². The van der Waals surface area contributed by atoms with E-state index in [9.17, 15) is 5.11 Å². The summed E-state index contributed by atoms with van der Waals surface area (Å²) in [5.74, 6) is 0. The van der Waals surface area contributed by atoms with Crippen molar-refractivity contribution in [1.29, 1.82) is 0 Å². The molecule has 0 aliphatic carbocycles. The van der Waals surface area contributed by atoms with Crippen LogP contribution in [0.1, 0.15) is 35.3 Å². The molecular weight excluding hydrogens is 276 g/mol. The molecule has 0 bridgehead atoms. The van der Waals surface area contributed by atoms with Gasteiger partial charge in [-0.2, -0.15) is 0 Å². The predicted octanol–water partition coefficient (Wildman–Crippen LogP) is 1.88. The van der Waals surface area contributed by atoms with E-state index in [0.717, 1.165) is 22.3 Å². The lowest BCUT2D eigenvalue weighted by molar-refractivity contribution is 0.199. The molecule has 0 saturated carbocycles. The molecule has 6 N–H and O–H groups in total. The van der Waals surface area contributed by atoms with Crippen LogP contribution in [0.4, 0.5) is 0 Å². The summed E-state index contributed by atoms with van der Waals surface area (Å²) in [6, 6.07) is 15.6. The van der Waals surface area contributed by atoms with Crippen LogP contribution in [0, 0.1) is 0 Å². The molecule has 0 aromatic heterocycles. The summed E-state index contributed by atoms with van der Waals surface area (Å²) in [6.45, 7) is 3.05. The summed E-state index contributed by atoms with van der Waals surface area (Å²) >= 11 is 0. The Morgan fingerprint density at radius 2 is 1.45 bits per heavy atom. The van der Waals surface area contributed by atoms with E-state index >= 15 is 0 Å². The molecule has 2 aromatic carbocycles. The van der Waals surface area contributed by atoms with Crippen molar-refractivity contribution in [3.05, 3.63) is 70.8 Å². The Hall–Kier alpha value is -1.72. The number of aliphatic hydroxyl groups is 2. The van der Waals surface area contributed by atoms with Gasteiger partial charge in [-0.1, -0.05) is 48.5 Å². The van der Waals surface area contributed by atoms with E-state index in [0.29, 0.717) is 19.5 Å². The van der Waals surface area contributed by atoms with Crippen LogP contribution in [0.25, 0.3) is 0 Å². The van der Waals surface area contributed by atoms with Crippen molar-refractivity contribution in [2.24, 2.45) is 11.5 Å². The molecule has 0 radical (unpaired) electrons. The van der Waals surface area contributed by atoms with Gasteiger partial charge in [0.15, 0.2) is 0 Å². The van der Waals surface area contributed by atoms with Crippen LogP contribution in [0.2, 0.25) is 0 Å². The fraction of sp³-hybridized carbons (Fsp3) is 0.333. The molecule has 0 saturated heterocycles. The Balaban J connectivity index is 0.000000220. The average Bonchev–Trinajstić information content (AvgIpc) is 2.56. The van der Waals surface area contributed by atoms with Crippen molar-refractivity contribution in [2.45, 2.75) is 32.5 Å². The summed E-state index contributed by atoms with van der Waals surface area (Å²) in [5, 5.41) is 17.9. The van der Waals surface area contributed by atoms with Crippen molar-refractivity contribution in [2.75, 3.05) is 6.61 Å². The smallest absolute Gasteiger partial charge is 0.0762 e. The highest BCUT2D eigenvalue weighted by atomic mass is 16.3. The van der Waals surface area contributed by atoms with Crippen LogP contribution in [0.15, 0.2) is 48.5 Å². The molecule has 0 spiro atoms. The van der Waals surface area contributed by atoms with Crippen molar-refractivity contribution < 1.29 is 10.2 Å². The molecule has 4 heteroatoms. The number of nitrogens with two attached hydrogens (primary N) is 2. The number of hydrogen-bond acceptors (Lipinski definition) is 4. The second kappa shape index (κ2) is 10.1. The monoisotopic (exact) mass is 302 g/mol. The zero-order chi connectivity index (χ0) is 16.4. The van der Waals surface area contributed by atoms with Gasteiger partial charge in [0.05, 0.1) is 6.10 Å². The van der Waals surface area contributed by atoms with Crippen LogP contribution < -0.4 is 11.5 Å². The van der Waals surface area contributed by atoms with Crippen LogP contribution >= 0.6 is 0 Å². The molecule has 2 rings (SSSR count). The van der Waals surface area contributed by atoms with Gasteiger partial charge in [0.2, 0.25) is 0 Å². The highest BCUT2D eigenvalue weighted by Crippen LogP contribution is 2.12. The third-order valence-corrected chi connectivity index (χ3v) is 3.30. The van der Waals surface area contributed by atoms with E-state index in [1.165, 1.54) is 0 Å². The summed E-state index contributed by atoms with van der Waals surface area (Å²) < 4.78 is 0. The first-order valence-electron chi connectivity index (χ1n) is 7.46. The molecule has 0 aliphatic rings. The SMILES string of the molecule is CC(O)c1cccc(CN)c1.NCc1cccc(CCO)c1. The Morgan fingerprint density at radius 1 is 0.909 bits per heavy atom. The molecule has 0 heterocycles. The average molecular weight is 302 g/mol. The Bertz CT molecular complexity index is 556. The zero-order valence-corrected chi connectivity index (χ0v) is 13.1. The minimum absolute atomic E-state index is 0.202. The molecule has 0 amide bonds. The first kappa shape index (κ1) is 18.3. The number of aliphatic hydroxyl groups excluding tert-OH is 2. The summed E-state index contributed by atoms with van der Waals surface area (Å²) in [5.41, 5.74) is 15.1. The van der Waals surface area contributed by atoms with Crippen molar-refractivity contribution in [3.63, 3.8) is 0 Å². The second-order valence-corrected chi connectivity index (χ2v) is 5.12. The maximum Gasteiger partial charge on any atom is 0.0762 e. The molecule has 0 fully saturated rings. The summed E-state index contributed by atoms with van der Waals surface area (Å²) in [7, 11) is 0. The quantitative estimate of drug-likeness (QED) is 0.678. The van der Waals surface area contributed by atoms with Crippen molar-refractivity contribution in [3.8, 4) is 0 Å². The maximum absolute atomic E-state index is 9.20. The molecule has 2 aromatic rings. The van der Waals surface area contributed by atoms with Crippen LogP contribution in [0.3, 0.4) is 0 Å². The Morgan fingerprint density at radius 3 is 2.00 bits per heavy atom. The number of rotatable bonds is 5. The van der Waals surface area contributed by atoms with E-state index in [-0.39, 0.29) is 6.61 Å². The molecule has 120 valence electrons. The number of benzene rings is 2. The summed E-state index contributed by atoms with van der Waals surface area (Å²) in [4.78, 5) is 0. The van der Waals surface area contributed by atoms with E-state index < -0.39 is 6.10 Å². The Kier molecular flexibility index (Phi) is 8.40. The van der Waals surface area contributed by atoms with E-state index in [1.807, 2.05) is 48.5 Å². The first-order chi connectivity index (χ1) is 10.6. The topological polar surface area (TPSA) is 92.5 Å². The highest BCUT2D eigenvalue weighted by molar-refractivity contribution is 5.24. The largest absolute Gasteiger partial charge is 0.396 e. The van der Waals surface area contributed by atoms with Gasteiger partial charge in [-0.3, -0.25) is 0 Å². The van der Waals surface area contributed by atoms with Gasteiger partial charge in [-0.05, 0) is 35.6 Å². The second-order valence-electron chi connectivity index (χ2n) is 5.12. The third-order valence-electron chi connectivity index (χ3n) is 3.30. The first-order valence-corrected chi connectivity index (χ1v) is 7.46. The molecule has 22 heavy (non-hydrogen) atoms. The highest BCUT2D eigenvalue weighted by Gasteiger charge is 1.99. The van der Waals surface area contributed by atoms with Gasteiger partial charge in [0.25, 0.3) is 0 Å². The van der Waals surface area contributed by atoms with Gasteiger partial charge in [0.1, 0.15) is 0 Å².